The van der Waals surface area contributed by atoms with Crippen LogP contribution in [0.2, 0.25) is 0 Å². The number of aromatic nitrogens is 1. The molecular weight excluding hydrogens is 336 g/mol. The molecule has 3 rings (SSSR count). The molecule has 1 heterocycles. The summed E-state index contributed by atoms with van der Waals surface area (Å²) in [6.07, 6.45) is 1.64. The number of benzene rings is 2. The summed E-state index contributed by atoms with van der Waals surface area (Å²) in [5.41, 5.74) is 4.50. The first kappa shape index (κ1) is 17.5. The smallest absolute Gasteiger partial charge is 0.243 e. The molecule has 0 saturated carbocycles. The third-order valence-electron chi connectivity index (χ3n) is 4.09. The van der Waals surface area contributed by atoms with Gasteiger partial charge in [-0.1, -0.05) is 42.8 Å². The molecule has 0 aliphatic carbocycles. The molecule has 1 amide bonds. The Hall–Kier alpha value is -2.28. The van der Waals surface area contributed by atoms with Gasteiger partial charge >= 0.3 is 0 Å². The Morgan fingerprint density at radius 1 is 1.12 bits per heavy atom. The molecule has 0 unspecified atom stereocenters. The standard InChI is InChI=1S/C19H20N2O3S/c22-16(6-2-4-8-18(23)21-24)13-9-11-14(12-10-13)19-20-15-5-1-3-7-17(15)25-19/h1,3,5,7,9-12,16,22,24H,2,4,6,8H2,(H,21,23)/t16-/m1/s1. The van der Waals surface area contributed by atoms with E-state index in [1.54, 1.807) is 16.8 Å². The zero-order chi connectivity index (χ0) is 17.6. The van der Waals surface area contributed by atoms with Crippen LogP contribution < -0.4 is 5.48 Å². The summed E-state index contributed by atoms with van der Waals surface area (Å²) in [5.74, 6) is -0.394. The highest BCUT2D eigenvalue weighted by Crippen LogP contribution is 2.31. The first-order valence-electron chi connectivity index (χ1n) is 8.24. The van der Waals surface area contributed by atoms with Crippen LogP contribution in [0, 0.1) is 0 Å². The number of para-hydroxylation sites is 1. The second-order valence-electron chi connectivity index (χ2n) is 5.91. The van der Waals surface area contributed by atoms with E-state index >= 15 is 0 Å². The number of nitrogens with one attached hydrogen (secondary N) is 1. The lowest BCUT2D eigenvalue weighted by Gasteiger charge is -2.11. The number of amides is 1. The topological polar surface area (TPSA) is 82.5 Å². The summed E-state index contributed by atoms with van der Waals surface area (Å²) in [6.45, 7) is 0. The Morgan fingerprint density at radius 2 is 1.88 bits per heavy atom. The van der Waals surface area contributed by atoms with Crippen LogP contribution in [0.1, 0.15) is 37.4 Å². The second-order valence-corrected chi connectivity index (χ2v) is 6.94. The molecule has 0 aliphatic rings. The number of hydrogen-bond acceptors (Lipinski definition) is 5. The largest absolute Gasteiger partial charge is 0.388 e. The van der Waals surface area contributed by atoms with E-state index in [4.69, 9.17) is 5.21 Å². The molecular formula is C19H20N2O3S. The van der Waals surface area contributed by atoms with Crippen molar-refractivity contribution in [1.82, 2.24) is 10.5 Å². The van der Waals surface area contributed by atoms with Crippen molar-refractivity contribution in [3.8, 4) is 10.6 Å². The Balaban J connectivity index is 1.60. The molecule has 1 atom stereocenters. The van der Waals surface area contributed by atoms with Crippen molar-refractivity contribution in [2.45, 2.75) is 31.8 Å². The maximum absolute atomic E-state index is 10.9. The molecule has 0 fully saturated rings. The fourth-order valence-electron chi connectivity index (χ4n) is 2.69. The van der Waals surface area contributed by atoms with E-state index in [0.29, 0.717) is 19.3 Å². The summed E-state index contributed by atoms with van der Waals surface area (Å²) < 4.78 is 1.16. The van der Waals surface area contributed by atoms with E-state index in [0.717, 1.165) is 26.4 Å². The van der Waals surface area contributed by atoms with E-state index in [-0.39, 0.29) is 6.42 Å². The van der Waals surface area contributed by atoms with Gasteiger partial charge in [0, 0.05) is 12.0 Å². The van der Waals surface area contributed by atoms with Crippen molar-refractivity contribution >= 4 is 27.5 Å². The Morgan fingerprint density at radius 3 is 2.60 bits per heavy atom. The van der Waals surface area contributed by atoms with Crippen LogP contribution in [0.25, 0.3) is 20.8 Å². The molecule has 0 radical (unpaired) electrons. The SMILES string of the molecule is O=C(CCCC[C@@H](O)c1ccc(-c2nc3ccccc3s2)cc1)NO. The lowest BCUT2D eigenvalue weighted by Crippen LogP contribution is -2.17. The number of nitrogens with zero attached hydrogens (tertiary/aromatic N) is 1. The number of unbranched alkanes of at least 4 members (excludes halogenated alkanes) is 1. The van der Waals surface area contributed by atoms with Gasteiger partial charge < -0.3 is 5.11 Å². The monoisotopic (exact) mass is 356 g/mol. The fourth-order valence-corrected chi connectivity index (χ4v) is 3.66. The molecule has 25 heavy (non-hydrogen) atoms. The summed E-state index contributed by atoms with van der Waals surface area (Å²) in [7, 11) is 0. The van der Waals surface area contributed by atoms with Crippen molar-refractivity contribution in [1.29, 1.82) is 0 Å². The van der Waals surface area contributed by atoms with Gasteiger partial charge in [-0.05, 0) is 30.5 Å². The number of thiazole rings is 1. The van der Waals surface area contributed by atoms with Gasteiger partial charge in [0.15, 0.2) is 0 Å². The first-order valence-corrected chi connectivity index (χ1v) is 9.06. The maximum Gasteiger partial charge on any atom is 0.243 e. The van der Waals surface area contributed by atoms with Gasteiger partial charge in [-0.15, -0.1) is 11.3 Å². The number of carbonyl (C=O) groups excluding carboxylic acids is 1. The Labute approximate surface area is 149 Å². The van der Waals surface area contributed by atoms with E-state index in [2.05, 4.69) is 11.1 Å². The van der Waals surface area contributed by atoms with Gasteiger partial charge in [0.1, 0.15) is 5.01 Å². The minimum atomic E-state index is -0.554. The number of carbonyl (C=O) groups is 1. The zero-order valence-corrected chi connectivity index (χ0v) is 14.5. The summed E-state index contributed by atoms with van der Waals surface area (Å²) in [6, 6.07) is 15.9. The van der Waals surface area contributed by atoms with E-state index < -0.39 is 12.0 Å². The van der Waals surface area contributed by atoms with Crippen LogP contribution in [0.3, 0.4) is 0 Å². The van der Waals surface area contributed by atoms with Crippen molar-refractivity contribution < 1.29 is 15.1 Å². The number of rotatable bonds is 7. The van der Waals surface area contributed by atoms with E-state index in [1.165, 1.54) is 0 Å². The van der Waals surface area contributed by atoms with Crippen molar-refractivity contribution in [2.75, 3.05) is 0 Å². The molecule has 6 heteroatoms. The van der Waals surface area contributed by atoms with Crippen LogP contribution >= 0.6 is 11.3 Å². The number of aliphatic hydroxyl groups is 1. The fraction of sp³-hybridized carbons (Fsp3) is 0.263. The predicted octanol–water partition coefficient (Wildman–Crippen LogP) is 4.06. The van der Waals surface area contributed by atoms with Crippen LogP contribution in [0.5, 0.6) is 0 Å². The maximum atomic E-state index is 10.9. The number of hydroxylamine groups is 1. The summed E-state index contributed by atoms with van der Waals surface area (Å²) in [4.78, 5) is 15.6. The van der Waals surface area contributed by atoms with Gasteiger partial charge in [-0.25, -0.2) is 10.5 Å². The van der Waals surface area contributed by atoms with E-state index in [9.17, 15) is 9.90 Å². The highest BCUT2D eigenvalue weighted by molar-refractivity contribution is 7.21. The normalized spacial score (nSPS) is 12.2. The summed E-state index contributed by atoms with van der Waals surface area (Å²) in [5, 5.41) is 19.7. The number of fused-ring (bicyclic) bond motifs is 1. The molecule has 0 saturated heterocycles. The highest BCUT2D eigenvalue weighted by atomic mass is 32.1. The molecule has 0 aliphatic heterocycles. The van der Waals surface area contributed by atoms with Gasteiger partial charge in [0.25, 0.3) is 0 Å². The van der Waals surface area contributed by atoms with Gasteiger partial charge in [0.05, 0.1) is 16.3 Å². The molecule has 3 aromatic rings. The summed E-state index contributed by atoms with van der Waals surface area (Å²) >= 11 is 1.65. The lowest BCUT2D eigenvalue weighted by molar-refractivity contribution is -0.129. The molecule has 5 nitrogen and oxygen atoms in total. The van der Waals surface area contributed by atoms with Crippen LogP contribution in [0.15, 0.2) is 48.5 Å². The number of aliphatic hydroxyl groups excluding tert-OH is 1. The minimum Gasteiger partial charge on any atom is -0.388 e. The van der Waals surface area contributed by atoms with Crippen LogP contribution in [0.4, 0.5) is 0 Å². The third-order valence-corrected chi connectivity index (χ3v) is 5.18. The molecule has 0 bridgehead atoms. The molecule has 1 aromatic heterocycles. The molecule has 0 spiro atoms. The molecule has 130 valence electrons. The van der Waals surface area contributed by atoms with Crippen LogP contribution in [-0.2, 0) is 4.79 Å². The third kappa shape index (κ3) is 4.42. The van der Waals surface area contributed by atoms with Crippen LogP contribution in [-0.4, -0.2) is 21.2 Å². The Kier molecular flexibility index (Phi) is 5.75. The minimum absolute atomic E-state index is 0.264. The van der Waals surface area contributed by atoms with Crippen molar-refractivity contribution in [3.63, 3.8) is 0 Å². The van der Waals surface area contributed by atoms with E-state index in [1.807, 2.05) is 42.5 Å². The average molecular weight is 356 g/mol. The average Bonchev–Trinajstić information content (AvgIpc) is 3.09. The predicted molar refractivity (Wildman–Crippen MR) is 98.4 cm³/mol. The molecule has 3 N–H and O–H groups in total. The zero-order valence-electron chi connectivity index (χ0n) is 13.7. The molecule has 2 aromatic carbocycles. The lowest BCUT2D eigenvalue weighted by atomic mass is 10.0. The first-order chi connectivity index (χ1) is 12.2. The van der Waals surface area contributed by atoms with Crippen molar-refractivity contribution in [3.05, 3.63) is 54.1 Å². The highest BCUT2D eigenvalue weighted by Gasteiger charge is 2.10. The number of hydrogen-bond donors (Lipinski definition) is 3. The quantitative estimate of drug-likeness (QED) is 0.339. The van der Waals surface area contributed by atoms with Gasteiger partial charge in [0.2, 0.25) is 5.91 Å². The Bertz CT molecular complexity index is 812. The van der Waals surface area contributed by atoms with Gasteiger partial charge in [-0.2, -0.15) is 0 Å². The second kappa shape index (κ2) is 8.20. The van der Waals surface area contributed by atoms with Gasteiger partial charge in [-0.3, -0.25) is 10.0 Å². The van der Waals surface area contributed by atoms with Crippen molar-refractivity contribution in [2.24, 2.45) is 0 Å².